The number of rotatable bonds is 6. The Labute approximate surface area is 150 Å². The number of cyclic esters (lactones) is 1. The van der Waals surface area contributed by atoms with Gasteiger partial charge < -0.3 is 13.6 Å². The molecule has 2 atom stereocenters. The van der Waals surface area contributed by atoms with Crippen molar-refractivity contribution in [3.8, 4) is 0 Å². The first-order valence-electron chi connectivity index (χ1n) is 9.08. The quantitative estimate of drug-likeness (QED) is 0.479. The summed E-state index contributed by atoms with van der Waals surface area (Å²) in [5, 5.41) is 0.317. The van der Waals surface area contributed by atoms with E-state index in [4.69, 9.17) is 13.6 Å². The maximum atomic E-state index is 11.8. The second-order valence-electron chi connectivity index (χ2n) is 10.0. The smallest absolute Gasteiger partial charge is 0.308 e. The number of ether oxygens (including phenoxy) is 1. The first-order valence-corrected chi connectivity index (χ1v) is 14.9. The Bertz CT molecular complexity index is 447. The molecule has 6 heteroatoms. The molecule has 1 rings (SSSR count). The molecule has 142 valence electrons. The van der Waals surface area contributed by atoms with E-state index in [1.807, 2.05) is 0 Å². The second kappa shape index (κ2) is 7.21. The maximum Gasteiger partial charge on any atom is 0.308 e. The minimum absolute atomic E-state index is 0.124. The summed E-state index contributed by atoms with van der Waals surface area (Å²) in [6.07, 6.45) is 0.798. The molecule has 4 nitrogen and oxygen atoms in total. The zero-order chi connectivity index (χ0) is 19.0. The molecule has 0 aliphatic carbocycles. The van der Waals surface area contributed by atoms with Crippen LogP contribution in [0.4, 0.5) is 0 Å². The largest absolute Gasteiger partial charge is 0.459 e. The second-order valence-corrected chi connectivity index (χ2v) is 19.6. The van der Waals surface area contributed by atoms with Crippen LogP contribution in [0.15, 0.2) is 0 Å². The van der Waals surface area contributed by atoms with Gasteiger partial charge in [-0.3, -0.25) is 4.79 Å². The van der Waals surface area contributed by atoms with E-state index in [2.05, 4.69) is 67.7 Å². The van der Waals surface area contributed by atoms with Crippen LogP contribution in [0.5, 0.6) is 0 Å². The zero-order valence-electron chi connectivity index (χ0n) is 17.4. The average Bonchev–Trinajstić information content (AvgIpc) is 2.65. The SMILES string of the molecule is CC(C)(C)[Si](C)(C)OCC[C@H]1OC(=O)C[C@@H]1O[Si](C)(C)C(C)(C)C. The van der Waals surface area contributed by atoms with E-state index < -0.39 is 16.6 Å². The molecule has 0 spiro atoms. The maximum absolute atomic E-state index is 11.8. The normalized spacial score (nSPS) is 23.5. The van der Waals surface area contributed by atoms with Crippen molar-refractivity contribution in [1.82, 2.24) is 0 Å². The number of esters is 1. The summed E-state index contributed by atoms with van der Waals surface area (Å²) in [5.41, 5.74) is 0. The van der Waals surface area contributed by atoms with Gasteiger partial charge in [-0.05, 0) is 36.3 Å². The van der Waals surface area contributed by atoms with Gasteiger partial charge in [-0.25, -0.2) is 0 Å². The summed E-state index contributed by atoms with van der Waals surface area (Å²) < 4.78 is 18.2. The number of hydrogen-bond donors (Lipinski definition) is 0. The Balaban J connectivity index is 2.65. The molecule has 0 aromatic heterocycles. The van der Waals surface area contributed by atoms with Crippen molar-refractivity contribution < 1.29 is 18.4 Å². The van der Waals surface area contributed by atoms with Gasteiger partial charge in [-0.15, -0.1) is 0 Å². The fourth-order valence-electron chi connectivity index (χ4n) is 2.15. The van der Waals surface area contributed by atoms with Crippen molar-refractivity contribution in [2.45, 2.75) is 103 Å². The molecule has 0 N–H and O–H groups in total. The Morgan fingerprint density at radius 2 is 1.50 bits per heavy atom. The highest BCUT2D eigenvalue weighted by molar-refractivity contribution is 6.74. The predicted octanol–water partition coefficient (Wildman–Crippen LogP) is 5.10. The van der Waals surface area contributed by atoms with E-state index in [9.17, 15) is 4.79 Å². The summed E-state index contributed by atoms with van der Waals surface area (Å²) in [6.45, 7) is 22.9. The lowest BCUT2D eigenvalue weighted by Gasteiger charge is -2.39. The molecule has 1 heterocycles. The minimum atomic E-state index is -1.91. The molecule has 24 heavy (non-hydrogen) atoms. The molecule has 0 saturated carbocycles. The lowest BCUT2D eigenvalue weighted by molar-refractivity contribution is -0.142. The van der Waals surface area contributed by atoms with E-state index in [1.54, 1.807) is 0 Å². The van der Waals surface area contributed by atoms with E-state index in [0.29, 0.717) is 13.0 Å². The fraction of sp³-hybridized carbons (Fsp3) is 0.944. The first kappa shape index (κ1) is 21.9. The van der Waals surface area contributed by atoms with E-state index in [-0.39, 0.29) is 28.3 Å². The van der Waals surface area contributed by atoms with Gasteiger partial charge in [-0.2, -0.15) is 0 Å². The van der Waals surface area contributed by atoms with E-state index >= 15 is 0 Å². The van der Waals surface area contributed by atoms with Crippen molar-refractivity contribution >= 4 is 22.6 Å². The lowest BCUT2D eigenvalue weighted by atomic mass is 10.1. The van der Waals surface area contributed by atoms with Crippen molar-refractivity contribution in [1.29, 1.82) is 0 Å². The molecule has 1 aliphatic heterocycles. The van der Waals surface area contributed by atoms with E-state index in [0.717, 1.165) is 6.42 Å². The van der Waals surface area contributed by atoms with Crippen LogP contribution in [0.3, 0.4) is 0 Å². The van der Waals surface area contributed by atoms with Gasteiger partial charge in [0.15, 0.2) is 16.6 Å². The molecule has 0 unspecified atom stereocenters. The predicted molar refractivity (Wildman–Crippen MR) is 104 cm³/mol. The topological polar surface area (TPSA) is 44.8 Å². The number of hydrogen-bond acceptors (Lipinski definition) is 4. The Kier molecular flexibility index (Phi) is 6.57. The minimum Gasteiger partial charge on any atom is -0.459 e. The van der Waals surface area contributed by atoms with Crippen molar-refractivity contribution in [2.24, 2.45) is 0 Å². The van der Waals surface area contributed by atoms with Crippen LogP contribution in [0.25, 0.3) is 0 Å². The summed E-state index contributed by atoms with van der Waals surface area (Å²) in [6, 6.07) is 0. The Hall–Kier alpha value is -0.176. The standard InChI is InChI=1S/C18H38O4Si2/c1-17(2,3)23(7,8)20-12-11-14-15(13-16(19)21-14)22-24(9,10)18(4,5)6/h14-15H,11-13H2,1-10H3/t14-,15+/m1/s1. The van der Waals surface area contributed by atoms with Crippen LogP contribution in [0.2, 0.25) is 36.3 Å². The van der Waals surface area contributed by atoms with Gasteiger partial charge in [0.25, 0.3) is 0 Å². The third-order valence-corrected chi connectivity index (χ3v) is 15.0. The Morgan fingerprint density at radius 1 is 1.00 bits per heavy atom. The molecule has 0 aromatic carbocycles. The molecule has 1 aliphatic rings. The third kappa shape index (κ3) is 5.41. The van der Waals surface area contributed by atoms with Gasteiger partial charge in [0.05, 0.1) is 12.5 Å². The first-order chi connectivity index (χ1) is 10.6. The van der Waals surface area contributed by atoms with Gasteiger partial charge in [0.1, 0.15) is 6.10 Å². The van der Waals surface area contributed by atoms with Crippen molar-refractivity contribution in [2.75, 3.05) is 6.61 Å². The van der Waals surface area contributed by atoms with Crippen LogP contribution in [-0.2, 0) is 18.4 Å². The molecule has 1 fully saturated rings. The monoisotopic (exact) mass is 374 g/mol. The number of carbonyl (C=O) groups excluding carboxylic acids is 1. The molecule has 1 saturated heterocycles. The van der Waals surface area contributed by atoms with Crippen LogP contribution in [-0.4, -0.2) is 41.4 Å². The summed E-state index contributed by atoms with van der Waals surface area (Å²) in [5.74, 6) is -0.143. The highest BCUT2D eigenvalue weighted by atomic mass is 28.4. The van der Waals surface area contributed by atoms with Gasteiger partial charge in [-0.1, -0.05) is 41.5 Å². The van der Waals surface area contributed by atoms with Gasteiger partial charge in [0, 0.05) is 13.0 Å². The molecular formula is C18H38O4Si2. The summed E-state index contributed by atoms with van der Waals surface area (Å²) >= 11 is 0. The number of carbonyl (C=O) groups is 1. The van der Waals surface area contributed by atoms with Crippen LogP contribution >= 0.6 is 0 Å². The zero-order valence-corrected chi connectivity index (χ0v) is 19.4. The third-order valence-electron chi connectivity index (χ3n) is 5.99. The van der Waals surface area contributed by atoms with Gasteiger partial charge in [0.2, 0.25) is 0 Å². The Morgan fingerprint density at radius 3 is 1.96 bits per heavy atom. The average molecular weight is 375 g/mol. The summed E-state index contributed by atoms with van der Waals surface area (Å²) in [7, 11) is -3.68. The summed E-state index contributed by atoms with van der Waals surface area (Å²) in [4.78, 5) is 11.8. The molecule has 0 radical (unpaired) electrons. The van der Waals surface area contributed by atoms with Crippen LogP contribution in [0, 0.1) is 0 Å². The lowest BCUT2D eigenvalue weighted by Crippen LogP contribution is -2.46. The molecule has 0 amide bonds. The van der Waals surface area contributed by atoms with Crippen molar-refractivity contribution in [3.63, 3.8) is 0 Å². The van der Waals surface area contributed by atoms with Crippen LogP contribution in [0.1, 0.15) is 54.4 Å². The molecule has 0 aromatic rings. The highest BCUT2D eigenvalue weighted by Crippen LogP contribution is 2.40. The van der Waals surface area contributed by atoms with Crippen molar-refractivity contribution in [3.05, 3.63) is 0 Å². The van der Waals surface area contributed by atoms with Crippen LogP contribution < -0.4 is 0 Å². The fourth-order valence-corrected chi connectivity index (χ4v) is 4.56. The highest BCUT2D eigenvalue weighted by Gasteiger charge is 2.45. The van der Waals surface area contributed by atoms with Gasteiger partial charge >= 0.3 is 5.97 Å². The molecule has 0 bridgehead atoms. The molecular weight excluding hydrogens is 336 g/mol. The van der Waals surface area contributed by atoms with E-state index in [1.165, 1.54) is 0 Å².